The zero-order valence-corrected chi connectivity index (χ0v) is 10.5. The van der Waals surface area contributed by atoms with E-state index >= 15 is 0 Å². The second-order valence-electron chi connectivity index (χ2n) is 4.21. The predicted octanol–water partition coefficient (Wildman–Crippen LogP) is 4.23. The van der Waals surface area contributed by atoms with Gasteiger partial charge < -0.3 is 0 Å². The topological polar surface area (TPSA) is 43.1 Å². The van der Waals surface area contributed by atoms with Gasteiger partial charge in [0.1, 0.15) is 0 Å². The summed E-state index contributed by atoms with van der Waals surface area (Å²) >= 11 is 0. The van der Waals surface area contributed by atoms with Gasteiger partial charge >= 0.3 is 0 Å². The lowest BCUT2D eigenvalue weighted by molar-refractivity contribution is -0.384. The molecular formula is C16H13NO2. The molecule has 0 heterocycles. The molecular weight excluding hydrogens is 238 g/mol. The lowest BCUT2D eigenvalue weighted by atomic mass is 10.1. The SMILES string of the molecule is Cc1ccc(C=C=Cc2ccc([N+](=O)[O-])cc2)cc1. The molecule has 0 unspecified atom stereocenters. The third-order valence-corrected chi connectivity index (χ3v) is 2.68. The van der Waals surface area contributed by atoms with Crippen LogP contribution in [-0.2, 0) is 0 Å². The summed E-state index contributed by atoms with van der Waals surface area (Å²) in [4.78, 5) is 10.1. The first-order valence-corrected chi connectivity index (χ1v) is 5.89. The van der Waals surface area contributed by atoms with E-state index in [1.54, 1.807) is 18.2 Å². The molecule has 2 rings (SSSR count). The number of benzene rings is 2. The molecule has 3 heteroatoms. The van der Waals surface area contributed by atoms with Crippen LogP contribution in [0.25, 0.3) is 12.2 Å². The van der Waals surface area contributed by atoms with Crippen LogP contribution in [0.15, 0.2) is 54.3 Å². The number of hydrogen-bond donors (Lipinski definition) is 0. The molecule has 0 saturated carbocycles. The highest BCUT2D eigenvalue weighted by molar-refractivity contribution is 5.58. The fraction of sp³-hybridized carbons (Fsp3) is 0.0625. The van der Waals surface area contributed by atoms with Crippen LogP contribution in [0.3, 0.4) is 0 Å². The molecule has 0 aromatic heterocycles. The number of hydrogen-bond acceptors (Lipinski definition) is 2. The largest absolute Gasteiger partial charge is 0.269 e. The van der Waals surface area contributed by atoms with Gasteiger partial charge in [0.15, 0.2) is 0 Å². The van der Waals surface area contributed by atoms with Crippen molar-refractivity contribution in [1.82, 2.24) is 0 Å². The van der Waals surface area contributed by atoms with Crippen LogP contribution < -0.4 is 0 Å². The van der Waals surface area contributed by atoms with Crippen molar-refractivity contribution in [3.8, 4) is 0 Å². The molecule has 0 N–H and O–H groups in total. The smallest absolute Gasteiger partial charge is 0.258 e. The molecule has 0 aliphatic heterocycles. The molecule has 0 saturated heterocycles. The highest BCUT2D eigenvalue weighted by Crippen LogP contribution is 2.12. The first-order chi connectivity index (χ1) is 9.15. The molecule has 0 radical (unpaired) electrons. The van der Waals surface area contributed by atoms with Crippen LogP contribution in [0.4, 0.5) is 5.69 Å². The summed E-state index contributed by atoms with van der Waals surface area (Å²) in [6, 6.07) is 14.5. The van der Waals surface area contributed by atoms with E-state index in [0.29, 0.717) is 0 Å². The van der Waals surface area contributed by atoms with E-state index in [1.807, 2.05) is 37.3 Å². The number of nitro benzene ring substituents is 1. The van der Waals surface area contributed by atoms with Crippen LogP contribution >= 0.6 is 0 Å². The Morgan fingerprint density at radius 2 is 1.42 bits per heavy atom. The van der Waals surface area contributed by atoms with Crippen LogP contribution in [0.2, 0.25) is 0 Å². The summed E-state index contributed by atoms with van der Waals surface area (Å²) in [5.41, 5.74) is 6.34. The normalized spacial score (nSPS) is 9.53. The van der Waals surface area contributed by atoms with E-state index in [-0.39, 0.29) is 5.69 Å². The summed E-state index contributed by atoms with van der Waals surface area (Å²) in [5.74, 6) is 0. The van der Waals surface area contributed by atoms with E-state index in [2.05, 4.69) is 5.73 Å². The van der Waals surface area contributed by atoms with Crippen molar-refractivity contribution in [2.45, 2.75) is 6.92 Å². The lowest BCUT2D eigenvalue weighted by Gasteiger charge is -1.93. The summed E-state index contributed by atoms with van der Waals surface area (Å²) in [6.45, 7) is 2.04. The van der Waals surface area contributed by atoms with Gasteiger partial charge in [-0.25, -0.2) is 0 Å². The van der Waals surface area contributed by atoms with Crippen LogP contribution in [-0.4, -0.2) is 4.92 Å². The predicted molar refractivity (Wildman–Crippen MR) is 76.7 cm³/mol. The molecule has 0 spiro atoms. The van der Waals surface area contributed by atoms with Crippen molar-refractivity contribution < 1.29 is 4.92 Å². The van der Waals surface area contributed by atoms with Gasteiger partial charge in [0.2, 0.25) is 0 Å². The number of nitrogens with zero attached hydrogens (tertiary/aromatic N) is 1. The third kappa shape index (κ3) is 3.66. The number of aryl methyl sites for hydroxylation is 1. The molecule has 2 aromatic carbocycles. The third-order valence-electron chi connectivity index (χ3n) is 2.68. The van der Waals surface area contributed by atoms with Gasteiger partial charge in [-0.3, -0.25) is 10.1 Å². The molecule has 94 valence electrons. The van der Waals surface area contributed by atoms with Crippen molar-refractivity contribution in [2.24, 2.45) is 0 Å². The average molecular weight is 251 g/mol. The Hall–Kier alpha value is -2.64. The first-order valence-electron chi connectivity index (χ1n) is 5.89. The number of rotatable bonds is 3. The molecule has 0 amide bonds. The second kappa shape index (κ2) is 5.80. The Kier molecular flexibility index (Phi) is 3.91. The summed E-state index contributed by atoms with van der Waals surface area (Å²) in [6.07, 6.45) is 3.67. The van der Waals surface area contributed by atoms with Gasteiger partial charge in [0, 0.05) is 12.1 Å². The fourth-order valence-corrected chi connectivity index (χ4v) is 1.59. The summed E-state index contributed by atoms with van der Waals surface area (Å²) < 4.78 is 0. The molecule has 0 atom stereocenters. The van der Waals surface area contributed by atoms with Gasteiger partial charge in [-0.1, -0.05) is 29.8 Å². The van der Waals surface area contributed by atoms with Gasteiger partial charge in [0.05, 0.1) is 4.92 Å². The van der Waals surface area contributed by atoms with Gasteiger partial charge in [0.25, 0.3) is 5.69 Å². The van der Waals surface area contributed by atoms with E-state index in [0.717, 1.165) is 11.1 Å². The Labute approximate surface area is 111 Å². The highest BCUT2D eigenvalue weighted by atomic mass is 16.6. The minimum Gasteiger partial charge on any atom is -0.258 e. The maximum atomic E-state index is 10.5. The molecule has 0 fully saturated rings. The van der Waals surface area contributed by atoms with E-state index in [1.165, 1.54) is 17.7 Å². The molecule has 0 bridgehead atoms. The lowest BCUT2D eigenvalue weighted by Crippen LogP contribution is -1.86. The van der Waals surface area contributed by atoms with Crippen LogP contribution in [0, 0.1) is 17.0 Å². The Morgan fingerprint density at radius 3 is 1.89 bits per heavy atom. The summed E-state index contributed by atoms with van der Waals surface area (Å²) in [7, 11) is 0. The molecule has 0 aliphatic rings. The highest BCUT2D eigenvalue weighted by Gasteiger charge is 2.01. The van der Waals surface area contributed by atoms with Crippen molar-refractivity contribution in [2.75, 3.05) is 0 Å². The van der Waals surface area contributed by atoms with E-state index in [4.69, 9.17) is 0 Å². The Morgan fingerprint density at radius 1 is 0.947 bits per heavy atom. The van der Waals surface area contributed by atoms with Crippen molar-refractivity contribution >= 4 is 17.8 Å². The minimum absolute atomic E-state index is 0.0969. The fourth-order valence-electron chi connectivity index (χ4n) is 1.59. The molecule has 3 nitrogen and oxygen atoms in total. The average Bonchev–Trinajstić information content (AvgIpc) is 2.41. The van der Waals surface area contributed by atoms with Crippen molar-refractivity contribution in [3.05, 3.63) is 81.1 Å². The van der Waals surface area contributed by atoms with E-state index < -0.39 is 4.92 Å². The quantitative estimate of drug-likeness (QED) is 0.465. The van der Waals surface area contributed by atoms with Crippen LogP contribution in [0.5, 0.6) is 0 Å². The number of non-ortho nitro benzene ring substituents is 1. The zero-order chi connectivity index (χ0) is 13.7. The minimum atomic E-state index is -0.407. The van der Waals surface area contributed by atoms with Gasteiger partial charge in [-0.05, 0) is 42.3 Å². The zero-order valence-electron chi connectivity index (χ0n) is 10.5. The van der Waals surface area contributed by atoms with Gasteiger partial charge in [-0.2, -0.15) is 0 Å². The molecule has 2 aromatic rings. The van der Waals surface area contributed by atoms with Crippen molar-refractivity contribution in [3.63, 3.8) is 0 Å². The first kappa shape index (κ1) is 12.8. The second-order valence-corrected chi connectivity index (χ2v) is 4.21. The monoisotopic (exact) mass is 251 g/mol. The Bertz CT molecular complexity index is 633. The standard InChI is InChI=1S/C16H13NO2/c1-13-5-7-14(8-6-13)3-2-4-15-9-11-16(12-10-15)17(18)19/h3-12H,1H3. The van der Waals surface area contributed by atoms with Crippen molar-refractivity contribution in [1.29, 1.82) is 0 Å². The van der Waals surface area contributed by atoms with Crippen LogP contribution in [0.1, 0.15) is 16.7 Å². The maximum absolute atomic E-state index is 10.5. The van der Waals surface area contributed by atoms with E-state index in [9.17, 15) is 10.1 Å². The summed E-state index contributed by atoms with van der Waals surface area (Å²) in [5, 5.41) is 10.5. The molecule has 0 aliphatic carbocycles. The maximum Gasteiger partial charge on any atom is 0.269 e. The Balaban J connectivity index is 2.13. The molecule has 19 heavy (non-hydrogen) atoms. The number of nitro groups is 1. The van der Waals surface area contributed by atoms with Gasteiger partial charge in [-0.15, -0.1) is 5.73 Å².